The summed E-state index contributed by atoms with van der Waals surface area (Å²) in [6.07, 6.45) is 3.10. The number of likely N-dealkylation sites (tertiary alicyclic amines) is 1. The van der Waals surface area contributed by atoms with Gasteiger partial charge in [-0.25, -0.2) is 4.39 Å². The molecule has 2 unspecified atom stereocenters. The van der Waals surface area contributed by atoms with Crippen molar-refractivity contribution in [2.24, 2.45) is 5.92 Å². The number of hydrogen-bond acceptors (Lipinski definition) is 4. The summed E-state index contributed by atoms with van der Waals surface area (Å²) < 4.78 is 12.8. The second kappa shape index (κ2) is 6.21. The molecule has 2 rings (SSSR count). The molecule has 1 saturated heterocycles. The molecule has 1 aromatic rings. The lowest BCUT2D eigenvalue weighted by Gasteiger charge is -2.25. The normalized spacial score (nSPS) is 21.5. The third-order valence-electron chi connectivity index (χ3n) is 3.65. The zero-order chi connectivity index (χ0) is 13.8. The molecule has 5 heteroatoms. The molecule has 0 bridgehead atoms. The van der Waals surface area contributed by atoms with E-state index in [2.05, 4.69) is 9.88 Å². The number of rotatable bonds is 5. The first-order valence-corrected chi connectivity index (χ1v) is 6.62. The Balaban J connectivity index is 1.97. The van der Waals surface area contributed by atoms with Crippen LogP contribution in [0, 0.1) is 11.7 Å². The third kappa shape index (κ3) is 3.36. The van der Waals surface area contributed by atoms with Gasteiger partial charge in [-0.2, -0.15) is 0 Å². The van der Waals surface area contributed by atoms with Crippen molar-refractivity contribution in [2.45, 2.75) is 25.8 Å². The van der Waals surface area contributed by atoms with Gasteiger partial charge in [0.25, 0.3) is 0 Å². The molecule has 0 spiro atoms. The molecule has 1 aromatic heterocycles. The van der Waals surface area contributed by atoms with Crippen LogP contribution in [0.3, 0.4) is 0 Å². The Morgan fingerprint density at radius 1 is 1.63 bits per heavy atom. The van der Waals surface area contributed by atoms with E-state index < -0.39 is 5.82 Å². The number of aliphatic hydroxyl groups is 1. The molecule has 1 aliphatic heterocycles. The van der Waals surface area contributed by atoms with Crippen LogP contribution in [0.4, 0.5) is 4.39 Å². The zero-order valence-corrected chi connectivity index (χ0v) is 11.1. The molecule has 0 radical (unpaired) electrons. The number of halogens is 1. The maximum atomic E-state index is 12.8. The second-order valence-corrected chi connectivity index (χ2v) is 5.10. The van der Waals surface area contributed by atoms with Crippen molar-refractivity contribution in [3.8, 4) is 0 Å². The van der Waals surface area contributed by atoms with Crippen LogP contribution < -0.4 is 0 Å². The third-order valence-corrected chi connectivity index (χ3v) is 3.65. The lowest BCUT2D eigenvalue weighted by molar-refractivity contribution is 0.0856. The standard InChI is InChI=1S/C14H19FN2O2/c1-10(8-17-6-2-3-12(17)9-18)14(19)13-5-4-11(15)7-16-13/h4-5,7,10,12,18H,2-3,6,8-9H2,1H3. The number of pyridine rings is 1. The van der Waals surface area contributed by atoms with Crippen LogP contribution in [0.5, 0.6) is 0 Å². The van der Waals surface area contributed by atoms with Gasteiger partial charge in [-0.1, -0.05) is 6.92 Å². The predicted molar refractivity (Wildman–Crippen MR) is 69.4 cm³/mol. The van der Waals surface area contributed by atoms with E-state index >= 15 is 0 Å². The van der Waals surface area contributed by atoms with Gasteiger partial charge in [0.15, 0.2) is 5.78 Å². The average molecular weight is 266 g/mol. The van der Waals surface area contributed by atoms with Gasteiger partial charge < -0.3 is 5.11 Å². The Labute approximate surface area is 112 Å². The maximum absolute atomic E-state index is 12.8. The Kier molecular flexibility index (Phi) is 4.61. The van der Waals surface area contributed by atoms with Crippen molar-refractivity contribution in [3.05, 3.63) is 29.8 Å². The fourth-order valence-corrected chi connectivity index (χ4v) is 2.55. The largest absolute Gasteiger partial charge is 0.395 e. The highest BCUT2D eigenvalue weighted by Gasteiger charge is 2.27. The van der Waals surface area contributed by atoms with Crippen molar-refractivity contribution in [2.75, 3.05) is 19.7 Å². The first-order valence-electron chi connectivity index (χ1n) is 6.62. The van der Waals surface area contributed by atoms with E-state index in [0.717, 1.165) is 25.6 Å². The van der Waals surface area contributed by atoms with E-state index in [1.54, 1.807) is 0 Å². The molecule has 1 aliphatic rings. The van der Waals surface area contributed by atoms with Gasteiger partial charge in [0, 0.05) is 18.5 Å². The minimum Gasteiger partial charge on any atom is -0.395 e. The first kappa shape index (κ1) is 14.1. The van der Waals surface area contributed by atoms with Crippen molar-refractivity contribution in [1.29, 1.82) is 0 Å². The summed E-state index contributed by atoms with van der Waals surface area (Å²) in [5, 5.41) is 9.25. The highest BCUT2D eigenvalue weighted by molar-refractivity contribution is 5.95. The molecular formula is C14H19FN2O2. The Morgan fingerprint density at radius 3 is 3.05 bits per heavy atom. The summed E-state index contributed by atoms with van der Waals surface area (Å²) >= 11 is 0. The molecule has 0 saturated carbocycles. The van der Waals surface area contributed by atoms with Crippen LogP contribution in [0.15, 0.2) is 18.3 Å². The van der Waals surface area contributed by atoms with E-state index in [-0.39, 0.29) is 24.3 Å². The quantitative estimate of drug-likeness (QED) is 0.821. The Morgan fingerprint density at radius 2 is 2.42 bits per heavy atom. The summed E-state index contributed by atoms with van der Waals surface area (Å²) in [4.78, 5) is 18.1. The number of aliphatic hydroxyl groups excluding tert-OH is 1. The van der Waals surface area contributed by atoms with Gasteiger partial charge in [0.05, 0.1) is 12.8 Å². The number of ketones is 1. The topological polar surface area (TPSA) is 53.4 Å². The van der Waals surface area contributed by atoms with E-state index in [4.69, 9.17) is 0 Å². The summed E-state index contributed by atoms with van der Waals surface area (Å²) in [6, 6.07) is 2.83. The maximum Gasteiger partial charge on any atom is 0.185 e. The highest BCUT2D eigenvalue weighted by Crippen LogP contribution is 2.19. The minimum atomic E-state index is -0.441. The van der Waals surface area contributed by atoms with Gasteiger partial charge in [0.2, 0.25) is 0 Å². The number of carbonyl (C=O) groups is 1. The lowest BCUT2D eigenvalue weighted by atomic mass is 10.0. The molecule has 4 nitrogen and oxygen atoms in total. The molecule has 1 fully saturated rings. The minimum absolute atomic E-state index is 0.0800. The molecule has 1 N–H and O–H groups in total. The van der Waals surface area contributed by atoms with E-state index in [1.165, 1.54) is 12.1 Å². The fraction of sp³-hybridized carbons (Fsp3) is 0.571. The second-order valence-electron chi connectivity index (χ2n) is 5.10. The van der Waals surface area contributed by atoms with Crippen LogP contribution in [0.2, 0.25) is 0 Å². The van der Waals surface area contributed by atoms with E-state index in [0.29, 0.717) is 12.2 Å². The Hall–Kier alpha value is -1.33. The van der Waals surface area contributed by atoms with Crippen molar-refractivity contribution in [1.82, 2.24) is 9.88 Å². The molecule has 104 valence electrons. The fourth-order valence-electron chi connectivity index (χ4n) is 2.55. The number of carbonyl (C=O) groups excluding carboxylic acids is 1. The van der Waals surface area contributed by atoms with E-state index in [1.807, 2.05) is 6.92 Å². The SMILES string of the molecule is CC(CN1CCCC1CO)C(=O)c1ccc(F)cn1. The summed E-state index contributed by atoms with van der Waals surface area (Å²) in [5.41, 5.74) is 0.300. The first-order chi connectivity index (χ1) is 9.11. The smallest absolute Gasteiger partial charge is 0.185 e. The number of aromatic nitrogens is 1. The van der Waals surface area contributed by atoms with Gasteiger partial charge in [-0.15, -0.1) is 0 Å². The van der Waals surface area contributed by atoms with Crippen LogP contribution >= 0.6 is 0 Å². The molecule has 19 heavy (non-hydrogen) atoms. The summed E-state index contributed by atoms with van der Waals surface area (Å²) in [7, 11) is 0. The predicted octanol–water partition coefficient (Wildman–Crippen LogP) is 1.50. The van der Waals surface area contributed by atoms with Gasteiger partial charge in [-0.3, -0.25) is 14.7 Å². The summed E-state index contributed by atoms with van der Waals surface area (Å²) in [5.74, 6) is -0.724. The molecule has 0 aliphatic carbocycles. The van der Waals surface area contributed by atoms with Crippen LogP contribution in [-0.2, 0) is 0 Å². The number of Topliss-reactive ketones (excluding diaryl/α,β-unsaturated/α-hetero) is 1. The number of hydrogen-bond donors (Lipinski definition) is 1. The monoisotopic (exact) mass is 266 g/mol. The van der Waals surface area contributed by atoms with Gasteiger partial charge in [-0.05, 0) is 31.5 Å². The highest BCUT2D eigenvalue weighted by atomic mass is 19.1. The molecule has 2 heterocycles. The lowest BCUT2D eigenvalue weighted by Crippen LogP contribution is -2.37. The summed E-state index contributed by atoms with van der Waals surface area (Å²) in [6.45, 7) is 3.51. The van der Waals surface area contributed by atoms with Gasteiger partial charge in [0.1, 0.15) is 11.5 Å². The Bertz CT molecular complexity index is 436. The van der Waals surface area contributed by atoms with Crippen LogP contribution in [-0.4, -0.2) is 46.5 Å². The molecule has 0 amide bonds. The number of nitrogens with zero attached hydrogens (tertiary/aromatic N) is 2. The van der Waals surface area contributed by atoms with Crippen molar-refractivity contribution in [3.63, 3.8) is 0 Å². The van der Waals surface area contributed by atoms with Crippen molar-refractivity contribution >= 4 is 5.78 Å². The van der Waals surface area contributed by atoms with Crippen LogP contribution in [0.1, 0.15) is 30.3 Å². The van der Waals surface area contributed by atoms with Crippen LogP contribution in [0.25, 0.3) is 0 Å². The zero-order valence-electron chi connectivity index (χ0n) is 11.1. The molecule has 2 atom stereocenters. The van der Waals surface area contributed by atoms with Gasteiger partial charge >= 0.3 is 0 Å². The van der Waals surface area contributed by atoms with E-state index in [9.17, 15) is 14.3 Å². The van der Waals surface area contributed by atoms with Crippen molar-refractivity contribution < 1.29 is 14.3 Å². The molecular weight excluding hydrogens is 247 g/mol. The average Bonchev–Trinajstić information content (AvgIpc) is 2.86. The molecule has 0 aromatic carbocycles.